The normalized spacial score (nSPS) is 12.6. The van der Waals surface area contributed by atoms with E-state index in [4.69, 9.17) is 10.5 Å². The Kier molecular flexibility index (Phi) is 4.74. The first-order valence-corrected chi connectivity index (χ1v) is 7.11. The SMILES string of the molecule is NCC(OCc1cccc(Br)c1)c1ccsc1. The molecule has 0 aliphatic rings. The monoisotopic (exact) mass is 311 g/mol. The van der Waals surface area contributed by atoms with Crippen LogP contribution < -0.4 is 5.73 Å². The summed E-state index contributed by atoms with van der Waals surface area (Å²) in [4.78, 5) is 0. The average molecular weight is 312 g/mol. The third-order valence-electron chi connectivity index (χ3n) is 2.47. The number of benzene rings is 1. The predicted octanol–water partition coefficient (Wildman–Crippen LogP) is 3.73. The summed E-state index contributed by atoms with van der Waals surface area (Å²) >= 11 is 5.11. The van der Waals surface area contributed by atoms with Crippen LogP contribution in [0, 0.1) is 0 Å². The molecule has 1 heterocycles. The Morgan fingerprint density at radius 3 is 2.88 bits per heavy atom. The molecule has 1 aromatic carbocycles. The highest BCUT2D eigenvalue weighted by atomic mass is 79.9. The van der Waals surface area contributed by atoms with Crippen molar-refractivity contribution in [2.24, 2.45) is 5.73 Å². The molecule has 0 aliphatic heterocycles. The van der Waals surface area contributed by atoms with Crippen LogP contribution in [-0.2, 0) is 11.3 Å². The molecule has 0 fully saturated rings. The predicted molar refractivity (Wildman–Crippen MR) is 75.0 cm³/mol. The number of thiophene rings is 1. The molecule has 1 aromatic heterocycles. The summed E-state index contributed by atoms with van der Waals surface area (Å²) in [5.41, 5.74) is 8.03. The Labute approximate surface area is 114 Å². The van der Waals surface area contributed by atoms with Crippen molar-refractivity contribution < 1.29 is 4.74 Å². The minimum absolute atomic E-state index is 0.0137. The highest BCUT2D eigenvalue weighted by molar-refractivity contribution is 9.10. The molecule has 2 aromatic rings. The van der Waals surface area contributed by atoms with Crippen LogP contribution in [0.15, 0.2) is 45.6 Å². The van der Waals surface area contributed by atoms with Gasteiger partial charge in [0.15, 0.2) is 0 Å². The minimum Gasteiger partial charge on any atom is -0.367 e. The number of nitrogens with two attached hydrogens (primary N) is 1. The molecule has 4 heteroatoms. The summed E-state index contributed by atoms with van der Waals surface area (Å²) in [6.07, 6.45) is -0.0137. The lowest BCUT2D eigenvalue weighted by atomic mass is 10.2. The third-order valence-corrected chi connectivity index (χ3v) is 3.66. The lowest BCUT2D eigenvalue weighted by Gasteiger charge is -2.14. The minimum atomic E-state index is -0.0137. The maximum absolute atomic E-state index is 5.84. The molecule has 0 amide bonds. The zero-order valence-electron chi connectivity index (χ0n) is 9.30. The summed E-state index contributed by atoms with van der Waals surface area (Å²) in [5, 5.41) is 4.12. The molecule has 0 saturated heterocycles. The summed E-state index contributed by atoms with van der Waals surface area (Å²) in [5.74, 6) is 0. The van der Waals surface area contributed by atoms with Crippen LogP contribution in [0.1, 0.15) is 17.2 Å². The molecule has 2 N–H and O–H groups in total. The standard InChI is InChI=1S/C13H14BrNOS/c14-12-3-1-2-10(6-12)8-16-13(7-15)11-4-5-17-9-11/h1-6,9,13H,7-8,15H2. The third kappa shape index (κ3) is 3.64. The van der Waals surface area contributed by atoms with E-state index >= 15 is 0 Å². The fraction of sp³-hybridized carbons (Fsp3) is 0.231. The molecular formula is C13H14BrNOS. The van der Waals surface area contributed by atoms with Crippen LogP contribution in [-0.4, -0.2) is 6.54 Å². The zero-order valence-corrected chi connectivity index (χ0v) is 11.7. The molecule has 17 heavy (non-hydrogen) atoms. The van der Waals surface area contributed by atoms with Crippen LogP contribution in [0.4, 0.5) is 0 Å². The van der Waals surface area contributed by atoms with Gasteiger partial charge in [0.25, 0.3) is 0 Å². The topological polar surface area (TPSA) is 35.2 Å². The van der Waals surface area contributed by atoms with Crippen molar-refractivity contribution in [1.29, 1.82) is 0 Å². The highest BCUT2D eigenvalue weighted by Crippen LogP contribution is 2.21. The molecule has 2 nitrogen and oxygen atoms in total. The van der Waals surface area contributed by atoms with Crippen LogP contribution in [0.5, 0.6) is 0 Å². The van der Waals surface area contributed by atoms with Crippen molar-refractivity contribution >= 4 is 27.3 Å². The van der Waals surface area contributed by atoms with Crippen molar-refractivity contribution in [2.45, 2.75) is 12.7 Å². The largest absolute Gasteiger partial charge is 0.367 e. The van der Waals surface area contributed by atoms with Crippen molar-refractivity contribution in [3.8, 4) is 0 Å². The second-order valence-electron chi connectivity index (χ2n) is 3.72. The van der Waals surface area contributed by atoms with Gasteiger partial charge in [0.2, 0.25) is 0 Å². The van der Waals surface area contributed by atoms with Crippen LogP contribution in [0.3, 0.4) is 0 Å². The number of rotatable bonds is 5. The van der Waals surface area contributed by atoms with Crippen molar-refractivity contribution in [2.75, 3.05) is 6.54 Å². The van der Waals surface area contributed by atoms with Gasteiger partial charge in [-0.15, -0.1) is 0 Å². The summed E-state index contributed by atoms with van der Waals surface area (Å²) in [6, 6.07) is 10.2. The fourth-order valence-electron chi connectivity index (χ4n) is 1.58. The van der Waals surface area contributed by atoms with Crippen LogP contribution in [0.2, 0.25) is 0 Å². The molecule has 0 aliphatic carbocycles. The molecule has 1 atom stereocenters. The van der Waals surface area contributed by atoms with E-state index in [1.165, 1.54) is 0 Å². The van der Waals surface area contributed by atoms with Gasteiger partial charge in [0.05, 0.1) is 12.7 Å². The van der Waals surface area contributed by atoms with Gasteiger partial charge in [-0.05, 0) is 40.1 Å². The maximum atomic E-state index is 5.84. The Morgan fingerprint density at radius 1 is 1.35 bits per heavy atom. The fourth-order valence-corrected chi connectivity index (χ4v) is 2.73. The number of ether oxygens (including phenoxy) is 1. The maximum Gasteiger partial charge on any atom is 0.0959 e. The molecule has 90 valence electrons. The lowest BCUT2D eigenvalue weighted by Crippen LogP contribution is -2.15. The van der Waals surface area contributed by atoms with Gasteiger partial charge in [-0.3, -0.25) is 0 Å². The van der Waals surface area contributed by atoms with Crippen LogP contribution in [0.25, 0.3) is 0 Å². The van der Waals surface area contributed by atoms with Gasteiger partial charge in [0, 0.05) is 11.0 Å². The van der Waals surface area contributed by atoms with E-state index in [1.807, 2.05) is 23.6 Å². The van der Waals surface area contributed by atoms with Crippen LogP contribution >= 0.6 is 27.3 Å². The van der Waals surface area contributed by atoms with E-state index in [9.17, 15) is 0 Å². The molecule has 0 radical (unpaired) electrons. The van der Waals surface area contributed by atoms with Crippen molar-refractivity contribution in [3.05, 3.63) is 56.7 Å². The Hall–Kier alpha value is -0.680. The number of halogens is 1. The van der Waals surface area contributed by atoms with Gasteiger partial charge in [0.1, 0.15) is 0 Å². The molecule has 0 bridgehead atoms. The van der Waals surface area contributed by atoms with Gasteiger partial charge >= 0.3 is 0 Å². The van der Waals surface area contributed by atoms with E-state index in [0.717, 1.165) is 15.6 Å². The van der Waals surface area contributed by atoms with Gasteiger partial charge in [-0.25, -0.2) is 0 Å². The summed E-state index contributed by atoms with van der Waals surface area (Å²) in [7, 11) is 0. The molecule has 2 rings (SSSR count). The lowest BCUT2D eigenvalue weighted by molar-refractivity contribution is 0.0459. The smallest absolute Gasteiger partial charge is 0.0959 e. The molecule has 0 saturated carbocycles. The summed E-state index contributed by atoms with van der Waals surface area (Å²) in [6.45, 7) is 1.09. The number of hydrogen-bond donors (Lipinski definition) is 1. The van der Waals surface area contributed by atoms with Gasteiger partial charge < -0.3 is 10.5 Å². The molecule has 1 unspecified atom stereocenters. The zero-order chi connectivity index (χ0) is 12.1. The van der Waals surface area contributed by atoms with E-state index in [1.54, 1.807) is 11.3 Å². The second kappa shape index (κ2) is 6.31. The first-order valence-electron chi connectivity index (χ1n) is 5.38. The van der Waals surface area contributed by atoms with E-state index in [2.05, 4.69) is 33.4 Å². The first-order chi connectivity index (χ1) is 8.29. The first kappa shape index (κ1) is 12.8. The second-order valence-corrected chi connectivity index (χ2v) is 5.42. The van der Waals surface area contributed by atoms with Gasteiger partial charge in [-0.1, -0.05) is 28.1 Å². The molecule has 0 spiro atoms. The number of hydrogen-bond acceptors (Lipinski definition) is 3. The highest BCUT2D eigenvalue weighted by Gasteiger charge is 2.10. The quantitative estimate of drug-likeness (QED) is 0.913. The molecular weight excluding hydrogens is 298 g/mol. The Balaban J connectivity index is 1.97. The van der Waals surface area contributed by atoms with E-state index < -0.39 is 0 Å². The van der Waals surface area contributed by atoms with Crippen molar-refractivity contribution in [3.63, 3.8) is 0 Å². The Bertz CT molecular complexity index is 458. The van der Waals surface area contributed by atoms with E-state index in [-0.39, 0.29) is 6.10 Å². The van der Waals surface area contributed by atoms with Gasteiger partial charge in [-0.2, -0.15) is 11.3 Å². The average Bonchev–Trinajstić information content (AvgIpc) is 2.84. The van der Waals surface area contributed by atoms with Crippen molar-refractivity contribution in [1.82, 2.24) is 0 Å². The Morgan fingerprint density at radius 2 is 2.24 bits per heavy atom. The van der Waals surface area contributed by atoms with E-state index in [0.29, 0.717) is 13.2 Å². The summed E-state index contributed by atoms with van der Waals surface area (Å²) < 4.78 is 6.91.